The number of hydrogen-bond donors (Lipinski definition) is 1. The molecule has 1 saturated heterocycles. The molecule has 1 amide bonds. The summed E-state index contributed by atoms with van der Waals surface area (Å²) in [5.41, 5.74) is 0.108. The predicted octanol–water partition coefficient (Wildman–Crippen LogP) is 1.44. The van der Waals surface area contributed by atoms with Crippen LogP contribution >= 0.6 is 0 Å². The highest BCUT2D eigenvalue weighted by Gasteiger charge is 2.26. The fraction of sp³-hybridized carbons (Fsp3) is 0.429. The van der Waals surface area contributed by atoms with Crippen LogP contribution in [0.25, 0.3) is 0 Å². The van der Waals surface area contributed by atoms with Gasteiger partial charge in [-0.2, -0.15) is 0 Å². The molecule has 108 valence electrons. The van der Waals surface area contributed by atoms with Gasteiger partial charge in [-0.1, -0.05) is 12.1 Å². The first-order chi connectivity index (χ1) is 9.60. The number of amides is 1. The Labute approximate surface area is 116 Å². The maximum Gasteiger partial charge on any atom is 0.407 e. The van der Waals surface area contributed by atoms with Crippen LogP contribution in [0.15, 0.2) is 24.3 Å². The lowest BCUT2D eigenvalue weighted by Gasteiger charge is -2.15. The van der Waals surface area contributed by atoms with Gasteiger partial charge in [0.25, 0.3) is 0 Å². The Morgan fingerprint density at radius 2 is 2.20 bits per heavy atom. The van der Waals surface area contributed by atoms with Crippen LogP contribution < -0.4 is 5.32 Å². The molecule has 0 radical (unpaired) electrons. The number of likely N-dealkylation sites (tertiary alicyclic amines) is 1. The van der Waals surface area contributed by atoms with Gasteiger partial charge < -0.3 is 10.1 Å². The molecule has 1 aliphatic heterocycles. The van der Waals surface area contributed by atoms with E-state index in [0.29, 0.717) is 13.1 Å². The lowest BCUT2D eigenvalue weighted by molar-refractivity contribution is 0.0940. The molecule has 0 saturated carbocycles. The monoisotopic (exact) mass is 280 g/mol. The first kappa shape index (κ1) is 14.5. The largest absolute Gasteiger partial charge is 0.453 e. The number of nitrogens with one attached hydrogen (secondary N) is 1. The number of alkyl carbamates (subject to hydrolysis) is 1. The van der Waals surface area contributed by atoms with Crippen LogP contribution in [0.1, 0.15) is 16.8 Å². The third-order valence-corrected chi connectivity index (χ3v) is 3.32. The Balaban J connectivity index is 1.88. The third kappa shape index (κ3) is 3.54. The Hall–Kier alpha value is -1.95. The molecule has 1 fully saturated rings. The van der Waals surface area contributed by atoms with Crippen molar-refractivity contribution < 1.29 is 18.7 Å². The number of carbonyl (C=O) groups excluding carboxylic acids is 2. The van der Waals surface area contributed by atoms with E-state index in [1.165, 1.54) is 19.2 Å². The minimum absolute atomic E-state index is 0.0316. The van der Waals surface area contributed by atoms with Crippen molar-refractivity contribution in [3.63, 3.8) is 0 Å². The number of ether oxygens (including phenoxy) is 1. The van der Waals surface area contributed by atoms with Gasteiger partial charge in [0, 0.05) is 19.1 Å². The van der Waals surface area contributed by atoms with Crippen LogP contribution in [0.3, 0.4) is 0 Å². The maximum atomic E-state index is 13.5. The molecule has 5 nitrogen and oxygen atoms in total. The van der Waals surface area contributed by atoms with Crippen molar-refractivity contribution >= 4 is 11.9 Å². The molecule has 0 bridgehead atoms. The van der Waals surface area contributed by atoms with Crippen molar-refractivity contribution in [2.75, 3.05) is 26.7 Å². The molecule has 1 aromatic rings. The quantitative estimate of drug-likeness (QED) is 0.848. The van der Waals surface area contributed by atoms with Gasteiger partial charge in [0.2, 0.25) is 0 Å². The van der Waals surface area contributed by atoms with Gasteiger partial charge in [0.15, 0.2) is 5.78 Å². The number of ketones is 1. The van der Waals surface area contributed by atoms with Gasteiger partial charge in [-0.25, -0.2) is 9.18 Å². The first-order valence-electron chi connectivity index (χ1n) is 6.44. The number of carbonyl (C=O) groups is 2. The summed E-state index contributed by atoms with van der Waals surface area (Å²) in [4.78, 5) is 25.0. The number of Topliss-reactive ketones (excluding diaryl/α,β-unsaturated/α-hetero) is 1. The molecule has 1 aromatic carbocycles. The smallest absolute Gasteiger partial charge is 0.407 e. The number of hydrogen-bond acceptors (Lipinski definition) is 4. The second-order valence-electron chi connectivity index (χ2n) is 4.76. The molecule has 0 spiro atoms. The molecule has 2 rings (SSSR count). The van der Waals surface area contributed by atoms with E-state index in [1.54, 1.807) is 12.1 Å². The molecular weight excluding hydrogens is 263 g/mol. The Morgan fingerprint density at radius 3 is 2.90 bits per heavy atom. The van der Waals surface area contributed by atoms with E-state index in [9.17, 15) is 14.0 Å². The van der Waals surface area contributed by atoms with E-state index in [2.05, 4.69) is 10.1 Å². The van der Waals surface area contributed by atoms with Crippen LogP contribution in [0.5, 0.6) is 0 Å². The number of nitrogens with zero attached hydrogens (tertiary/aromatic N) is 1. The minimum Gasteiger partial charge on any atom is -0.453 e. The highest BCUT2D eigenvalue weighted by atomic mass is 19.1. The lowest BCUT2D eigenvalue weighted by Crippen LogP contribution is -2.38. The van der Waals surface area contributed by atoms with Crippen molar-refractivity contribution in [3.8, 4) is 0 Å². The van der Waals surface area contributed by atoms with E-state index in [1.807, 2.05) is 4.90 Å². The van der Waals surface area contributed by atoms with Gasteiger partial charge in [-0.3, -0.25) is 9.69 Å². The summed E-state index contributed by atoms with van der Waals surface area (Å²) < 4.78 is 18.0. The summed E-state index contributed by atoms with van der Waals surface area (Å²) in [6, 6.07) is 5.92. The van der Waals surface area contributed by atoms with Crippen molar-refractivity contribution in [3.05, 3.63) is 35.6 Å². The summed E-state index contributed by atoms with van der Waals surface area (Å²) in [7, 11) is 1.31. The molecule has 0 aromatic heterocycles. The molecule has 1 aliphatic rings. The normalized spacial score (nSPS) is 18.8. The predicted molar refractivity (Wildman–Crippen MR) is 71.1 cm³/mol. The van der Waals surface area contributed by atoms with Crippen molar-refractivity contribution in [1.82, 2.24) is 10.2 Å². The standard InChI is InChI=1S/C14H17FN2O3/c1-20-14(19)16-10-6-7-17(8-10)9-13(18)11-4-2-3-5-12(11)15/h2-5,10H,6-9H2,1H3,(H,16,19). The highest BCUT2D eigenvalue weighted by molar-refractivity contribution is 5.97. The van der Waals surface area contributed by atoms with E-state index in [-0.39, 0.29) is 23.9 Å². The van der Waals surface area contributed by atoms with Gasteiger partial charge >= 0.3 is 6.09 Å². The van der Waals surface area contributed by atoms with Crippen LogP contribution in [0, 0.1) is 5.82 Å². The average molecular weight is 280 g/mol. The molecular formula is C14H17FN2O3. The molecule has 1 unspecified atom stereocenters. The lowest BCUT2D eigenvalue weighted by atomic mass is 10.1. The van der Waals surface area contributed by atoms with Gasteiger partial charge in [0.1, 0.15) is 5.82 Å². The molecule has 1 atom stereocenters. The number of halogens is 1. The second kappa shape index (κ2) is 6.47. The summed E-state index contributed by atoms with van der Waals surface area (Å²) in [6.07, 6.45) is 0.275. The third-order valence-electron chi connectivity index (χ3n) is 3.32. The Morgan fingerprint density at radius 1 is 1.45 bits per heavy atom. The van der Waals surface area contributed by atoms with Crippen LogP contribution in [-0.2, 0) is 4.74 Å². The average Bonchev–Trinajstić information content (AvgIpc) is 2.86. The Kier molecular flexibility index (Phi) is 4.68. The summed E-state index contributed by atoms with van der Waals surface area (Å²) in [5, 5.41) is 2.69. The van der Waals surface area contributed by atoms with E-state index in [4.69, 9.17) is 0 Å². The van der Waals surface area contributed by atoms with Crippen LogP contribution in [0.4, 0.5) is 9.18 Å². The zero-order valence-electron chi connectivity index (χ0n) is 11.3. The van der Waals surface area contributed by atoms with Gasteiger partial charge in [-0.05, 0) is 18.6 Å². The first-order valence-corrected chi connectivity index (χ1v) is 6.44. The van der Waals surface area contributed by atoms with E-state index in [0.717, 1.165) is 6.42 Å². The zero-order chi connectivity index (χ0) is 14.5. The van der Waals surface area contributed by atoms with Crippen molar-refractivity contribution in [1.29, 1.82) is 0 Å². The zero-order valence-corrected chi connectivity index (χ0v) is 11.3. The van der Waals surface area contributed by atoms with Crippen molar-refractivity contribution in [2.45, 2.75) is 12.5 Å². The molecule has 1 N–H and O–H groups in total. The fourth-order valence-electron chi connectivity index (χ4n) is 2.30. The summed E-state index contributed by atoms with van der Waals surface area (Å²) in [6.45, 7) is 1.41. The van der Waals surface area contributed by atoms with Crippen molar-refractivity contribution in [2.24, 2.45) is 0 Å². The SMILES string of the molecule is COC(=O)NC1CCN(CC(=O)c2ccccc2F)C1. The molecule has 0 aliphatic carbocycles. The van der Waals surface area contributed by atoms with E-state index < -0.39 is 11.9 Å². The number of rotatable bonds is 4. The van der Waals surface area contributed by atoms with Crippen LogP contribution in [-0.4, -0.2) is 49.6 Å². The Bertz CT molecular complexity index is 507. The molecule has 6 heteroatoms. The van der Waals surface area contributed by atoms with Gasteiger partial charge in [-0.15, -0.1) is 0 Å². The van der Waals surface area contributed by atoms with E-state index >= 15 is 0 Å². The van der Waals surface area contributed by atoms with Crippen LogP contribution in [0.2, 0.25) is 0 Å². The van der Waals surface area contributed by atoms with Gasteiger partial charge in [0.05, 0.1) is 19.2 Å². The minimum atomic E-state index is -0.499. The topological polar surface area (TPSA) is 58.6 Å². The highest BCUT2D eigenvalue weighted by Crippen LogP contribution is 2.12. The fourth-order valence-corrected chi connectivity index (χ4v) is 2.30. The number of benzene rings is 1. The maximum absolute atomic E-state index is 13.5. The summed E-state index contributed by atoms with van der Waals surface area (Å²) >= 11 is 0. The second-order valence-corrected chi connectivity index (χ2v) is 4.76. The summed E-state index contributed by atoms with van der Waals surface area (Å²) in [5.74, 6) is -0.747. The number of methoxy groups -OCH3 is 1. The molecule has 1 heterocycles. The molecule has 20 heavy (non-hydrogen) atoms.